The summed E-state index contributed by atoms with van der Waals surface area (Å²) in [7, 11) is 0. The average Bonchev–Trinajstić information content (AvgIpc) is 2.51. The number of hydrogen-bond donors (Lipinski definition) is 1. The largest absolute Gasteiger partial charge is 0.367 e. The van der Waals surface area contributed by atoms with E-state index < -0.39 is 0 Å². The molecular weight excluding hydrogens is 326 g/mol. The minimum Gasteiger partial charge on any atom is -0.367 e. The Kier molecular flexibility index (Phi) is 4.76. The molecule has 0 atom stereocenters. The Labute approximate surface area is 134 Å². The maximum Gasteiger partial charge on any atom is 0.134 e. The molecule has 1 N–H and O–H groups in total. The molecule has 0 unspecified atom stereocenters. The molecule has 1 aliphatic heterocycles. The van der Waals surface area contributed by atoms with E-state index in [0.29, 0.717) is 6.04 Å². The first-order valence-electron chi connectivity index (χ1n) is 7.80. The molecule has 0 saturated carbocycles. The fraction of sp³-hybridized carbons (Fsp3) is 0.471. The highest BCUT2D eigenvalue weighted by Crippen LogP contribution is 2.28. The van der Waals surface area contributed by atoms with E-state index in [1.165, 1.54) is 49.7 Å². The number of aromatic nitrogens is 1. The number of nitrogens with one attached hydrogen (secondary N) is 1. The molecule has 112 valence electrons. The Balaban J connectivity index is 1.73. The van der Waals surface area contributed by atoms with Crippen molar-refractivity contribution in [3.63, 3.8) is 0 Å². The van der Waals surface area contributed by atoms with Gasteiger partial charge in [-0.3, -0.25) is 0 Å². The van der Waals surface area contributed by atoms with Gasteiger partial charge < -0.3 is 10.2 Å². The van der Waals surface area contributed by atoms with Gasteiger partial charge >= 0.3 is 0 Å². The second kappa shape index (κ2) is 6.75. The van der Waals surface area contributed by atoms with Crippen molar-refractivity contribution in [2.24, 2.45) is 0 Å². The smallest absolute Gasteiger partial charge is 0.134 e. The Morgan fingerprint density at radius 1 is 1.24 bits per heavy atom. The molecule has 2 aromatic rings. The first-order valence-corrected chi connectivity index (χ1v) is 8.59. The lowest BCUT2D eigenvalue weighted by molar-refractivity contribution is 0.219. The number of rotatable bonds is 4. The van der Waals surface area contributed by atoms with Crippen molar-refractivity contribution >= 4 is 32.5 Å². The fourth-order valence-electron chi connectivity index (χ4n) is 3.09. The van der Waals surface area contributed by atoms with Gasteiger partial charge in [0.15, 0.2) is 0 Å². The zero-order valence-corrected chi connectivity index (χ0v) is 14.1. The molecule has 0 aliphatic carbocycles. The lowest BCUT2D eigenvalue weighted by Crippen LogP contribution is -2.39. The van der Waals surface area contributed by atoms with Gasteiger partial charge in [-0.05, 0) is 37.9 Å². The van der Waals surface area contributed by atoms with Crippen LogP contribution >= 0.6 is 15.9 Å². The number of anilines is 1. The predicted molar refractivity (Wildman–Crippen MR) is 92.8 cm³/mol. The van der Waals surface area contributed by atoms with Gasteiger partial charge in [0.2, 0.25) is 0 Å². The average molecular weight is 348 g/mol. The zero-order chi connectivity index (χ0) is 14.7. The summed E-state index contributed by atoms with van der Waals surface area (Å²) in [4.78, 5) is 7.11. The molecule has 3 nitrogen and oxygen atoms in total. The predicted octanol–water partition coefficient (Wildman–Crippen LogP) is 4.28. The van der Waals surface area contributed by atoms with Crippen molar-refractivity contribution < 1.29 is 0 Å². The topological polar surface area (TPSA) is 28.2 Å². The number of benzene rings is 1. The van der Waals surface area contributed by atoms with Crippen molar-refractivity contribution in [2.75, 3.05) is 25.0 Å². The molecule has 1 aliphatic rings. The summed E-state index contributed by atoms with van der Waals surface area (Å²) in [6.07, 6.45) is 5.54. The van der Waals surface area contributed by atoms with Crippen molar-refractivity contribution in [3.05, 3.63) is 34.9 Å². The van der Waals surface area contributed by atoms with Crippen molar-refractivity contribution in [2.45, 2.75) is 32.2 Å². The van der Waals surface area contributed by atoms with Crippen LogP contribution in [0.3, 0.4) is 0 Å². The Morgan fingerprint density at radius 3 is 2.81 bits per heavy atom. The number of halogens is 1. The monoisotopic (exact) mass is 347 g/mol. The second-order valence-corrected chi connectivity index (χ2v) is 6.61. The third kappa shape index (κ3) is 3.38. The molecule has 0 amide bonds. The lowest BCUT2D eigenvalue weighted by Gasteiger charge is -2.32. The number of piperidine rings is 1. The molecule has 1 aromatic heterocycles. The minimum absolute atomic E-state index is 0.537. The number of pyridine rings is 1. The Bertz CT molecular complexity index is 606. The molecule has 1 aromatic carbocycles. The molecule has 0 spiro atoms. The summed E-state index contributed by atoms with van der Waals surface area (Å²) >= 11 is 3.62. The molecule has 2 heterocycles. The zero-order valence-electron chi connectivity index (χ0n) is 12.5. The van der Waals surface area contributed by atoms with Crippen molar-refractivity contribution in [1.82, 2.24) is 9.88 Å². The van der Waals surface area contributed by atoms with Crippen LogP contribution in [0, 0.1) is 0 Å². The van der Waals surface area contributed by atoms with E-state index in [1.54, 1.807) is 0 Å². The highest BCUT2D eigenvalue weighted by atomic mass is 79.9. The molecule has 1 fully saturated rings. The van der Waals surface area contributed by atoms with E-state index in [4.69, 9.17) is 0 Å². The number of nitrogens with zero attached hydrogens (tertiary/aromatic N) is 2. The summed E-state index contributed by atoms with van der Waals surface area (Å²) < 4.78 is 1.13. The number of hydrogen-bond acceptors (Lipinski definition) is 3. The van der Waals surface area contributed by atoms with Crippen LogP contribution in [0.4, 0.5) is 5.82 Å². The number of fused-ring (bicyclic) bond motifs is 1. The third-order valence-electron chi connectivity index (χ3n) is 4.22. The highest BCUT2D eigenvalue weighted by Gasteiger charge is 2.19. The van der Waals surface area contributed by atoms with Gasteiger partial charge in [-0.2, -0.15) is 0 Å². The number of likely N-dealkylation sites (tertiary alicyclic amines) is 1. The van der Waals surface area contributed by atoms with Gasteiger partial charge in [-0.1, -0.05) is 35.0 Å². The molecule has 3 rings (SSSR count). The SMILES string of the molecule is CCCN1CCC(Nc2nccc3c(Br)cccc23)CC1. The normalized spacial score (nSPS) is 17.2. The van der Waals surface area contributed by atoms with Gasteiger partial charge in [0, 0.05) is 40.6 Å². The maximum atomic E-state index is 4.55. The van der Waals surface area contributed by atoms with Crippen LogP contribution < -0.4 is 5.32 Å². The minimum atomic E-state index is 0.537. The fourth-order valence-corrected chi connectivity index (χ4v) is 3.59. The summed E-state index contributed by atoms with van der Waals surface area (Å²) in [6.45, 7) is 5.87. The lowest BCUT2D eigenvalue weighted by atomic mass is 10.0. The van der Waals surface area contributed by atoms with Gasteiger partial charge in [0.1, 0.15) is 5.82 Å². The molecule has 4 heteroatoms. The molecule has 0 radical (unpaired) electrons. The standard InChI is InChI=1S/C17H22BrN3/c1-2-10-21-11-7-13(8-12-21)20-17-15-4-3-5-16(18)14(15)6-9-19-17/h3-6,9,13H,2,7-8,10-12H2,1H3,(H,19,20). The van der Waals surface area contributed by atoms with Crippen LogP contribution in [0.25, 0.3) is 10.8 Å². The van der Waals surface area contributed by atoms with Gasteiger partial charge in [0.25, 0.3) is 0 Å². The van der Waals surface area contributed by atoms with E-state index >= 15 is 0 Å². The van der Waals surface area contributed by atoms with Crippen LogP contribution in [0.5, 0.6) is 0 Å². The quantitative estimate of drug-likeness (QED) is 0.894. The molecule has 21 heavy (non-hydrogen) atoms. The summed E-state index contributed by atoms with van der Waals surface area (Å²) in [5.41, 5.74) is 0. The third-order valence-corrected chi connectivity index (χ3v) is 4.91. The second-order valence-electron chi connectivity index (χ2n) is 5.75. The first-order chi connectivity index (χ1) is 10.3. The van der Waals surface area contributed by atoms with Crippen LogP contribution in [0.1, 0.15) is 26.2 Å². The molecule has 1 saturated heterocycles. The summed E-state index contributed by atoms with van der Waals surface area (Å²) in [5.74, 6) is 1.02. The van der Waals surface area contributed by atoms with Crippen molar-refractivity contribution in [3.8, 4) is 0 Å². The van der Waals surface area contributed by atoms with E-state index in [-0.39, 0.29) is 0 Å². The van der Waals surface area contributed by atoms with E-state index in [2.05, 4.69) is 62.3 Å². The maximum absolute atomic E-state index is 4.55. The summed E-state index contributed by atoms with van der Waals surface area (Å²) in [5, 5.41) is 6.07. The van der Waals surface area contributed by atoms with Gasteiger partial charge in [-0.25, -0.2) is 4.98 Å². The van der Waals surface area contributed by atoms with Crippen LogP contribution in [-0.2, 0) is 0 Å². The van der Waals surface area contributed by atoms with Gasteiger partial charge in [-0.15, -0.1) is 0 Å². The van der Waals surface area contributed by atoms with E-state index in [1.807, 2.05) is 6.20 Å². The Morgan fingerprint density at radius 2 is 2.05 bits per heavy atom. The first kappa shape index (κ1) is 14.8. The van der Waals surface area contributed by atoms with Gasteiger partial charge in [0.05, 0.1) is 0 Å². The highest BCUT2D eigenvalue weighted by molar-refractivity contribution is 9.10. The Hall–Kier alpha value is -1.13. The molecule has 0 bridgehead atoms. The van der Waals surface area contributed by atoms with E-state index in [9.17, 15) is 0 Å². The van der Waals surface area contributed by atoms with Crippen molar-refractivity contribution in [1.29, 1.82) is 0 Å². The molecular formula is C17H22BrN3. The van der Waals surface area contributed by atoms with E-state index in [0.717, 1.165) is 10.3 Å². The summed E-state index contributed by atoms with van der Waals surface area (Å²) in [6, 6.07) is 8.89. The van der Waals surface area contributed by atoms with Crippen LogP contribution in [0.2, 0.25) is 0 Å². The van der Waals surface area contributed by atoms with Crippen LogP contribution in [0.15, 0.2) is 34.9 Å². The van der Waals surface area contributed by atoms with Crippen LogP contribution in [-0.4, -0.2) is 35.6 Å².